The molecule has 0 unspecified atom stereocenters. The van der Waals surface area contributed by atoms with E-state index in [0.717, 1.165) is 38.1 Å². The monoisotopic (exact) mass is 413 g/mol. The highest BCUT2D eigenvalue weighted by Gasteiger charge is 2.23. The van der Waals surface area contributed by atoms with E-state index in [4.69, 9.17) is 4.42 Å². The molecule has 3 N–H and O–H groups in total. The number of nitrogens with one attached hydrogen (secondary N) is 3. The first kappa shape index (κ1) is 19.9. The number of imidazole rings is 1. The minimum atomic E-state index is -0.487. The Bertz CT molecular complexity index is 981. The SMILES string of the molecule is CCNC(=O)Nc1ncc(CC2CCN(c3ccc(-c4ncc[nH]4)nc3F)CC2)o1. The van der Waals surface area contributed by atoms with Crippen LogP contribution in [-0.2, 0) is 6.42 Å². The van der Waals surface area contributed by atoms with Gasteiger partial charge in [0.2, 0.25) is 5.95 Å². The fourth-order valence-electron chi connectivity index (χ4n) is 3.62. The number of rotatable bonds is 6. The first-order valence-electron chi connectivity index (χ1n) is 10.0. The molecule has 2 amide bonds. The predicted molar refractivity (Wildman–Crippen MR) is 110 cm³/mol. The molecule has 1 aliphatic rings. The number of hydrogen-bond donors (Lipinski definition) is 3. The molecular weight excluding hydrogens is 389 g/mol. The molecule has 0 spiro atoms. The summed E-state index contributed by atoms with van der Waals surface area (Å²) in [5.74, 6) is 1.20. The second kappa shape index (κ2) is 8.93. The maximum Gasteiger partial charge on any atom is 0.322 e. The van der Waals surface area contributed by atoms with Crippen LogP contribution in [0.5, 0.6) is 0 Å². The summed E-state index contributed by atoms with van der Waals surface area (Å²) in [4.78, 5) is 28.7. The number of hydrogen-bond acceptors (Lipinski definition) is 6. The summed E-state index contributed by atoms with van der Waals surface area (Å²) < 4.78 is 20.2. The molecule has 3 aromatic rings. The zero-order valence-electron chi connectivity index (χ0n) is 16.7. The number of halogens is 1. The second-order valence-electron chi connectivity index (χ2n) is 7.19. The molecule has 4 rings (SSSR count). The number of aromatic nitrogens is 4. The van der Waals surface area contributed by atoms with Crippen LogP contribution in [0.2, 0.25) is 0 Å². The normalized spacial score (nSPS) is 14.7. The van der Waals surface area contributed by atoms with Crippen molar-refractivity contribution in [1.82, 2.24) is 25.3 Å². The van der Waals surface area contributed by atoms with Gasteiger partial charge in [0.15, 0.2) is 5.82 Å². The third-order valence-corrected chi connectivity index (χ3v) is 5.13. The number of oxazole rings is 1. The Hall–Kier alpha value is -3.43. The van der Waals surface area contributed by atoms with Crippen molar-refractivity contribution in [2.45, 2.75) is 26.2 Å². The quantitative estimate of drug-likeness (QED) is 0.535. The molecular formula is C20H24FN7O2. The fourth-order valence-corrected chi connectivity index (χ4v) is 3.62. The van der Waals surface area contributed by atoms with Crippen molar-refractivity contribution in [3.8, 4) is 11.5 Å². The smallest absolute Gasteiger partial charge is 0.322 e. The summed E-state index contributed by atoms with van der Waals surface area (Å²) in [6, 6.07) is 3.39. The number of anilines is 2. The van der Waals surface area contributed by atoms with Crippen LogP contribution >= 0.6 is 0 Å². The molecule has 3 aromatic heterocycles. The van der Waals surface area contributed by atoms with E-state index in [2.05, 4.69) is 30.6 Å². The van der Waals surface area contributed by atoms with E-state index in [1.54, 1.807) is 30.7 Å². The largest absolute Gasteiger partial charge is 0.428 e. The molecule has 1 aliphatic heterocycles. The minimum absolute atomic E-state index is 0.193. The number of nitrogens with zero attached hydrogens (tertiary/aromatic N) is 4. The molecule has 1 saturated heterocycles. The van der Waals surface area contributed by atoms with E-state index in [-0.39, 0.29) is 12.0 Å². The summed E-state index contributed by atoms with van der Waals surface area (Å²) in [6.07, 6.45) is 7.47. The van der Waals surface area contributed by atoms with Gasteiger partial charge in [-0.3, -0.25) is 5.32 Å². The lowest BCUT2D eigenvalue weighted by atomic mass is 9.92. The van der Waals surface area contributed by atoms with Gasteiger partial charge in [0, 0.05) is 38.4 Å². The van der Waals surface area contributed by atoms with Crippen LogP contribution in [-0.4, -0.2) is 45.6 Å². The summed E-state index contributed by atoms with van der Waals surface area (Å²) in [6.45, 7) is 3.84. The van der Waals surface area contributed by atoms with Gasteiger partial charge in [0.05, 0.1) is 11.9 Å². The van der Waals surface area contributed by atoms with Gasteiger partial charge in [-0.25, -0.2) is 19.7 Å². The Kier molecular flexibility index (Phi) is 5.92. The van der Waals surface area contributed by atoms with Crippen LogP contribution in [0.25, 0.3) is 11.5 Å². The van der Waals surface area contributed by atoms with E-state index in [9.17, 15) is 9.18 Å². The van der Waals surface area contributed by atoms with E-state index >= 15 is 0 Å². The van der Waals surface area contributed by atoms with Crippen LogP contribution < -0.4 is 15.5 Å². The topological polar surface area (TPSA) is 112 Å². The van der Waals surface area contributed by atoms with Gasteiger partial charge >= 0.3 is 12.0 Å². The van der Waals surface area contributed by atoms with Gasteiger partial charge in [-0.1, -0.05) is 0 Å². The average molecular weight is 413 g/mol. The van der Waals surface area contributed by atoms with Crippen molar-refractivity contribution in [3.05, 3.63) is 42.4 Å². The van der Waals surface area contributed by atoms with Crippen LogP contribution in [0.3, 0.4) is 0 Å². The molecule has 0 aliphatic carbocycles. The predicted octanol–water partition coefficient (Wildman–Crippen LogP) is 3.20. The molecule has 0 radical (unpaired) electrons. The lowest BCUT2D eigenvalue weighted by Crippen LogP contribution is -2.35. The Morgan fingerprint density at radius 2 is 2.17 bits per heavy atom. The summed E-state index contributed by atoms with van der Waals surface area (Å²) in [5.41, 5.74) is 0.996. The maximum atomic E-state index is 14.6. The third kappa shape index (κ3) is 4.58. The lowest BCUT2D eigenvalue weighted by Gasteiger charge is -2.33. The number of amides is 2. The summed E-state index contributed by atoms with van der Waals surface area (Å²) >= 11 is 0. The molecule has 1 fully saturated rings. The molecule has 10 heteroatoms. The number of pyridine rings is 1. The maximum absolute atomic E-state index is 14.6. The number of H-pyrrole nitrogens is 1. The summed E-state index contributed by atoms with van der Waals surface area (Å²) in [5, 5.41) is 5.18. The van der Waals surface area contributed by atoms with E-state index in [1.807, 2.05) is 11.8 Å². The van der Waals surface area contributed by atoms with Crippen LogP contribution in [0.4, 0.5) is 20.9 Å². The third-order valence-electron chi connectivity index (χ3n) is 5.13. The van der Waals surface area contributed by atoms with Crippen molar-refractivity contribution in [2.75, 3.05) is 29.9 Å². The number of urea groups is 1. The second-order valence-corrected chi connectivity index (χ2v) is 7.19. The van der Waals surface area contributed by atoms with Crippen LogP contribution in [0, 0.1) is 11.9 Å². The number of carbonyl (C=O) groups is 1. The van der Waals surface area contributed by atoms with Gasteiger partial charge in [0.1, 0.15) is 11.5 Å². The number of carbonyl (C=O) groups excluding carboxylic acids is 1. The fraction of sp³-hybridized carbons (Fsp3) is 0.400. The molecule has 0 atom stereocenters. The number of aromatic amines is 1. The lowest BCUT2D eigenvalue weighted by molar-refractivity contribution is 0.252. The Morgan fingerprint density at radius 1 is 1.33 bits per heavy atom. The molecule has 0 bridgehead atoms. The van der Waals surface area contributed by atoms with Gasteiger partial charge in [-0.15, -0.1) is 0 Å². The zero-order chi connectivity index (χ0) is 20.9. The van der Waals surface area contributed by atoms with Gasteiger partial charge in [0.25, 0.3) is 0 Å². The van der Waals surface area contributed by atoms with Gasteiger partial charge in [-0.05, 0) is 37.8 Å². The highest BCUT2D eigenvalue weighted by atomic mass is 19.1. The highest BCUT2D eigenvalue weighted by molar-refractivity contribution is 5.86. The summed E-state index contributed by atoms with van der Waals surface area (Å²) in [7, 11) is 0. The number of piperidine rings is 1. The van der Waals surface area contributed by atoms with Crippen LogP contribution in [0.1, 0.15) is 25.5 Å². The van der Waals surface area contributed by atoms with Crippen molar-refractivity contribution < 1.29 is 13.6 Å². The van der Waals surface area contributed by atoms with Crippen molar-refractivity contribution in [2.24, 2.45) is 5.92 Å². The molecule has 30 heavy (non-hydrogen) atoms. The van der Waals surface area contributed by atoms with Gasteiger partial charge < -0.3 is 19.6 Å². The molecule has 4 heterocycles. The zero-order valence-corrected chi connectivity index (χ0v) is 16.7. The highest BCUT2D eigenvalue weighted by Crippen LogP contribution is 2.28. The minimum Gasteiger partial charge on any atom is -0.428 e. The van der Waals surface area contributed by atoms with Crippen LogP contribution in [0.15, 0.2) is 35.1 Å². The van der Waals surface area contributed by atoms with E-state index < -0.39 is 5.95 Å². The Labute approximate surface area is 173 Å². The molecule has 158 valence electrons. The van der Waals surface area contributed by atoms with Crippen molar-refractivity contribution in [1.29, 1.82) is 0 Å². The molecule has 0 aromatic carbocycles. The van der Waals surface area contributed by atoms with Crippen molar-refractivity contribution in [3.63, 3.8) is 0 Å². The first-order chi connectivity index (χ1) is 14.6. The average Bonchev–Trinajstić information content (AvgIpc) is 3.41. The standard InChI is InChI=1S/C20H24FN7O2/c1-2-22-19(29)27-20-25-12-14(30-20)11-13-5-9-28(10-6-13)16-4-3-15(26-17(16)21)18-23-7-8-24-18/h3-4,7-8,12-13H,2,5-6,9-11H2,1H3,(H,23,24)(H2,22,25,27,29). The first-order valence-corrected chi connectivity index (χ1v) is 10.0. The van der Waals surface area contributed by atoms with Crippen molar-refractivity contribution >= 4 is 17.7 Å². The van der Waals surface area contributed by atoms with E-state index in [1.165, 1.54) is 0 Å². The Balaban J connectivity index is 1.31. The molecule has 0 saturated carbocycles. The van der Waals surface area contributed by atoms with Gasteiger partial charge in [-0.2, -0.15) is 4.39 Å². The Morgan fingerprint density at radius 3 is 2.87 bits per heavy atom. The van der Waals surface area contributed by atoms with E-state index in [0.29, 0.717) is 29.7 Å². The molecule has 9 nitrogen and oxygen atoms in total.